The van der Waals surface area contributed by atoms with Crippen LogP contribution >= 0.6 is 0 Å². The molecule has 0 saturated heterocycles. The van der Waals surface area contributed by atoms with E-state index in [1.54, 1.807) is 12.1 Å². The normalized spacial score (nSPS) is 15.4. The number of carbonyl (C=O) groups excluding carboxylic acids is 1. The molecule has 2 heterocycles. The van der Waals surface area contributed by atoms with Crippen LogP contribution in [0, 0.1) is 0 Å². The third kappa shape index (κ3) is 4.32. The SMILES string of the molecule is COc1ccc([C@H]2CC(c3ccc4ccccc4c3)=NN2C(=O)Cn2c(C(C)C)nc3ccccc32)cc1. The van der Waals surface area contributed by atoms with E-state index in [4.69, 9.17) is 14.8 Å². The van der Waals surface area contributed by atoms with E-state index < -0.39 is 0 Å². The van der Waals surface area contributed by atoms with Gasteiger partial charge in [-0.15, -0.1) is 0 Å². The van der Waals surface area contributed by atoms with Crippen LogP contribution in [-0.4, -0.2) is 33.3 Å². The molecule has 1 aliphatic rings. The molecule has 0 saturated carbocycles. The van der Waals surface area contributed by atoms with Gasteiger partial charge in [0.2, 0.25) is 0 Å². The average Bonchev–Trinajstić information content (AvgIpc) is 3.56. The van der Waals surface area contributed by atoms with Gasteiger partial charge in [0.1, 0.15) is 18.1 Å². The Bertz CT molecular complexity index is 1670. The highest BCUT2D eigenvalue weighted by atomic mass is 16.5. The summed E-state index contributed by atoms with van der Waals surface area (Å²) in [5.41, 5.74) is 4.83. The lowest BCUT2D eigenvalue weighted by atomic mass is 9.97. The van der Waals surface area contributed by atoms with Gasteiger partial charge in [-0.1, -0.05) is 74.5 Å². The zero-order valence-corrected chi connectivity index (χ0v) is 21.8. The molecule has 0 bridgehead atoms. The van der Waals surface area contributed by atoms with Crippen LogP contribution in [0.5, 0.6) is 5.75 Å². The first-order chi connectivity index (χ1) is 18.5. The molecule has 6 nitrogen and oxygen atoms in total. The summed E-state index contributed by atoms with van der Waals surface area (Å²) in [5, 5.41) is 8.95. The molecule has 5 aromatic rings. The van der Waals surface area contributed by atoms with Gasteiger partial charge in [0.15, 0.2) is 0 Å². The van der Waals surface area contributed by atoms with Crippen LogP contribution in [0.3, 0.4) is 0 Å². The molecular formula is C32H30N4O2. The molecule has 190 valence electrons. The molecule has 0 radical (unpaired) electrons. The van der Waals surface area contributed by atoms with Crippen LogP contribution < -0.4 is 4.74 Å². The zero-order valence-electron chi connectivity index (χ0n) is 21.8. The van der Waals surface area contributed by atoms with Gasteiger partial charge in [0.05, 0.1) is 29.9 Å². The van der Waals surface area contributed by atoms with Crippen LogP contribution in [-0.2, 0) is 11.3 Å². The van der Waals surface area contributed by atoms with Gasteiger partial charge in [-0.2, -0.15) is 5.10 Å². The van der Waals surface area contributed by atoms with Crippen molar-refractivity contribution >= 4 is 33.4 Å². The van der Waals surface area contributed by atoms with Crippen molar-refractivity contribution in [3.63, 3.8) is 0 Å². The highest BCUT2D eigenvalue weighted by Gasteiger charge is 2.34. The Morgan fingerprint density at radius 3 is 2.45 bits per heavy atom. The van der Waals surface area contributed by atoms with Gasteiger partial charge in [0, 0.05) is 12.3 Å². The Balaban J connectivity index is 1.39. The number of para-hydroxylation sites is 2. The van der Waals surface area contributed by atoms with E-state index in [1.165, 1.54) is 5.39 Å². The third-order valence-corrected chi connectivity index (χ3v) is 7.24. The van der Waals surface area contributed by atoms with Gasteiger partial charge in [-0.25, -0.2) is 9.99 Å². The molecule has 1 aromatic heterocycles. The van der Waals surface area contributed by atoms with Gasteiger partial charge in [-0.3, -0.25) is 4.79 Å². The summed E-state index contributed by atoms with van der Waals surface area (Å²) in [6.07, 6.45) is 0.637. The average molecular weight is 503 g/mol. The number of carbonyl (C=O) groups is 1. The lowest BCUT2D eigenvalue weighted by Crippen LogP contribution is -2.31. The molecule has 1 aliphatic heterocycles. The fourth-order valence-electron chi connectivity index (χ4n) is 5.28. The lowest BCUT2D eigenvalue weighted by molar-refractivity contribution is -0.133. The van der Waals surface area contributed by atoms with Crippen molar-refractivity contribution in [1.29, 1.82) is 0 Å². The molecule has 1 amide bonds. The zero-order chi connectivity index (χ0) is 26.2. The molecule has 6 heteroatoms. The number of benzene rings is 4. The number of aromatic nitrogens is 2. The highest BCUT2D eigenvalue weighted by Crippen LogP contribution is 2.35. The quantitative estimate of drug-likeness (QED) is 0.260. The molecular weight excluding hydrogens is 472 g/mol. The fraction of sp³-hybridized carbons (Fsp3) is 0.219. The maximum atomic E-state index is 14.0. The highest BCUT2D eigenvalue weighted by molar-refractivity contribution is 6.05. The van der Waals surface area contributed by atoms with Crippen molar-refractivity contribution in [2.45, 2.75) is 38.8 Å². The number of hydrazone groups is 1. The molecule has 0 fully saturated rings. The Morgan fingerprint density at radius 1 is 0.947 bits per heavy atom. The molecule has 0 unspecified atom stereocenters. The fourth-order valence-corrected chi connectivity index (χ4v) is 5.28. The Kier molecular flexibility index (Phi) is 6.16. The number of amides is 1. The lowest BCUT2D eigenvalue weighted by Gasteiger charge is -2.23. The third-order valence-electron chi connectivity index (χ3n) is 7.24. The van der Waals surface area contributed by atoms with Crippen molar-refractivity contribution < 1.29 is 9.53 Å². The molecule has 0 N–H and O–H groups in total. The Morgan fingerprint density at radius 2 is 1.68 bits per heavy atom. The van der Waals surface area contributed by atoms with E-state index in [0.717, 1.165) is 44.8 Å². The standard InChI is InChI=1S/C32H30N4O2/c1-21(2)32-33-27-10-6-7-11-29(27)35(32)20-31(37)36-30(23-14-16-26(38-3)17-15-23)19-28(34-36)25-13-12-22-8-4-5-9-24(22)18-25/h4-18,21,30H,19-20H2,1-3H3/t30-/m1/s1. The van der Waals surface area contributed by atoms with Crippen molar-refractivity contribution in [2.75, 3.05) is 7.11 Å². The van der Waals surface area contributed by atoms with Crippen molar-refractivity contribution in [1.82, 2.24) is 14.6 Å². The summed E-state index contributed by atoms with van der Waals surface area (Å²) >= 11 is 0. The minimum Gasteiger partial charge on any atom is -0.497 e. The summed E-state index contributed by atoms with van der Waals surface area (Å²) in [6, 6.07) is 30.4. The molecule has 1 atom stereocenters. The number of methoxy groups -OCH3 is 1. The first-order valence-corrected chi connectivity index (χ1v) is 13.0. The molecule has 4 aromatic carbocycles. The summed E-state index contributed by atoms with van der Waals surface area (Å²) in [6.45, 7) is 4.39. The van der Waals surface area contributed by atoms with Crippen LogP contribution in [0.1, 0.15) is 49.2 Å². The smallest absolute Gasteiger partial charge is 0.263 e. The van der Waals surface area contributed by atoms with Crippen molar-refractivity contribution in [2.24, 2.45) is 5.10 Å². The monoisotopic (exact) mass is 502 g/mol. The number of fused-ring (bicyclic) bond motifs is 2. The molecule has 0 spiro atoms. The van der Waals surface area contributed by atoms with E-state index in [2.05, 4.69) is 44.2 Å². The molecule has 0 aliphatic carbocycles. The van der Waals surface area contributed by atoms with Crippen LogP contribution in [0.15, 0.2) is 96.1 Å². The van der Waals surface area contributed by atoms with Gasteiger partial charge in [-0.05, 0) is 52.2 Å². The summed E-state index contributed by atoms with van der Waals surface area (Å²) < 4.78 is 7.40. The van der Waals surface area contributed by atoms with E-state index in [0.29, 0.717) is 6.42 Å². The first kappa shape index (κ1) is 23.9. The van der Waals surface area contributed by atoms with E-state index in [9.17, 15) is 4.79 Å². The molecule has 38 heavy (non-hydrogen) atoms. The topological polar surface area (TPSA) is 59.7 Å². The van der Waals surface area contributed by atoms with E-state index >= 15 is 0 Å². The largest absolute Gasteiger partial charge is 0.497 e. The second kappa shape index (κ2) is 9.78. The van der Waals surface area contributed by atoms with Crippen LogP contribution in [0.4, 0.5) is 0 Å². The number of rotatable bonds is 6. The van der Waals surface area contributed by atoms with Gasteiger partial charge >= 0.3 is 0 Å². The van der Waals surface area contributed by atoms with E-state index in [-0.39, 0.29) is 24.4 Å². The maximum absolute atomic E-state index is 14.0. The predicted octanol–water partition coefficient (Wildman–Crippen LogP) is 6.70. The number of hydrogen-bond donors (Lipinski definition) is 0. The Labute approximate surface area is 222 Å². The summed E-state index contributed by atoms with van der Waals surface area (Å²) in [5.74, 6) is 1.81. The number of nitrogens with zero attached hydrogens (tertiary/aromatic N) is 4. The summed E-state index contributed by atoms with van der Waals surface area (Å²) in [7, 11) is 1.66. The maximum Gasteiger partial charge on any atom is 0.263 e. The van der Waals surface area contributed by atoms with Gasteiger partial charge in [0.25, 0.3) is 5.91 Å². The second-order valence-corrected chi connectivity index (χ2v) is 10.0. The number of imidazole rings is 1. The van der Waals surface area contributed by atoms with Crippen molar-refractivity contribution in [3.05, 3.63) is 108 Å². The minimum atomic E-state index is -0.202. The Hall–Kier alpha value is -4.45. The van der Waals surface area contributed by atoms with Crippen molar-refractivity contribution in [3.8, 4) is 5.75 Å². The minimum absolute atomic E-state index is 0.0633. The number of ether oxygens (including phenoxy) is 1. The van der Waals surface area contributed by atoms with Crippen LogP contribution in [0.25, 0.3) is 21.8 Å². The van der Waals surface area contributed by atoms with Gasteiger partial charge < -0.3 is 9.30 Å². The van der Waals surface area contributed by atoms with E-state index in [1.807, 2.05) is 65.2 Å². The number of hydrogen-bond acceptors (Lipinski definition) is 4. The molecule has 6 rings (SSSR count). The first-order valence-electron chi connectivity index (χ1n) is 13.0. The summed E-state index contributed by atoms with van der Waals surface area (Å²) in [4.78, 5) is 18.8. The second-order valence-electron chi connectivity index (χ2n) is 10.0. The predicted molar refractivity (Wildman–Crippen MR) is 152 cm³/mol. The van der Waals surface area contributed by atoms with Crippen LogP contribution in [0.2, 0.25) is 0 Å².